The molecule has 1 N–H and O–H groups in total. The molecule has 30 heavy (non-hydrogen) atoms. The van der Waals surface area contributed by atoms with Gasteiger partial charge in [0.1, 0.15) is 19.0 Å². The molecule has 0 aromatic heterocycles. The minimum Gasteiger partial charge on any atom is -0.486 e. The summed E-state index contributed by atoms with van der Waals surface area (Å²) in [6, 6.07) is 11.9. The lowest BCUT2D eigenvalue weighted by molar-refractivity contribution is -0.120. The van der Waals surface area contributed by atoms with Crippen LogP contribution in [0.5, 0.6) is 11.5 Å². The van der Waals surface area contributed by atoms with Crippen LogP contribution in [0.25, 0.3) is 0 Å². The zero-order chi connectivity index (χ0) is 20.9. The van der Waals surface area contributed by atoms with E-state index in [9.17, 15) is 9.18 Å². The molecular formula is C23H28FN3O3. The molecule has 1 unspecified atom stereocenters. The monoisotopic (exact) mass is 413 g/mol. The fourth-order valence-corrected chi connectivity index (χ4v) is 3.92. The molecule has 4 rings (SSSR count). The quantitative estimate of drug-likeness (QED) is 0.816. The standard InChI is InChI=1S/C23H28FN3O3/c1-17(23(28)25-20-7-8-21-22(15-20)30-14-13-29-21)27-10-2-9-26(11-12-27)16-18-3-5-19(24)6-4-18/h3-8,15,17H,2,9-14,16H2,1H3,(H,25,28). The number of halogens is 1. The second-order valence-corrected chi connectivity index (χ2v) is 7.82. The van der Waals surface area contributed by atoms with Crippen molar-refractivity contribution in [2.24, 2.45) is 0 Å². The van der Waals surface area contributed by atoms with Crippen LogP contribution in [-0.4, -0.2) is 61.1 Å². The number of hydrogen-bond acceptors (Lipinski definition) is 5. The summed E-state index contributed by atoms with van der Waals surface area (Å²) in [5.74, 6) is 1.14. The Hall–Kier alpha value is -2.64. The van der Waals surface area contributed by atoms with Crippen LogP contribution in [0.3, 0.4) is 0 Å². The van der Waals surface area contributed by atoms with Gasteiger partial charge in [-0.2, -0.15) is 0 Å². The number of nitrogens with one attached hydrogen (secondary N) is 1. The summed E-state index contributed by atoms with van der Waals surface area (Å²) in [7, 11) is 0. The van der Waals surface area contributed by atoms with E-state index in [0.717, 1.165) is 44.7 Å². The third-order valence-electron chi connectivity index (χ3n) is 5.68. The fourth-order valence-electron chi connectivity index (χ4n) is 3.92. The van der Waals surface area contributed by atoms with Crippen molar-refractivity contribution in [1.82, 2.24) is 9.80 Å². The van der Waals surface area contributed by atoms with Crippen LogP contribution in [0.1, 0.15) is 18.9 Å². The maximum absolute atomic E-state index is 13.1. The van der Waals surface area contributed by atoms with Crippen molar-refractivity contribution in [3.8, 4) is 11.5 Å². The summed E-state index contributed by atoms with van der Waals surface area (Å²) in [6.07, 6.45) is 0.989. The third-order valence-corrected chi connectivity index (χ3v) is 5.68. The van der Waals surface area contributed by atoms with E-state index in [4.69, 9.17) is 9.47 Å². The van der Waals surface area contributed by atoms with Crippen LogP contribution in [0.15, 0.2) is 42.5 Å². The van der Waals surface area contributed by atoms with E-state index >= 15 is 0 Å². The van der Waals surface area contributed by atoms with Crippen molar-refractivity contribution in [3.05, 3.63) is 53.8 Å². The molecule has 2 heterocycles. The molecule has 2 aliphatic rings. The largest absolute Gasteiger partial charge is 0.486 e. The topological polar surface area (TPSA) is 54.0 Å². The molecule has 0 spiro atoms. The molecule has 1 saturated heterocycles. The van der Waals surface area contributed by atoms with Gasteiger partial charge in [0.2, 0.25) is 5.91 Å². The van der Waals surface area contributed by atoms with Gasteiger partial charge in [0.25, 0.3) is 0 Å². The van der Waals surface area contributed by atoms with Gasteiger partial charge in [-0.15, -0.1) is 0 Å². The number of hydrogen-bond donors (Lipinski definition) is 1. The lowest BCUT2D eigenvalue weighted by atomic mass is 10.2. The van der Waals surface area contributed by atoms with E-state index in [-0.39, 0.29) is 17.8 Å². The van der Waals surface area contributed by atoms with Gasteiger partial charge in [0.05, 0.1) is 6.04 Å². The highest BCUT2D eigenvalue weighted by Crippen LogP contribution is 2.32. The summed E-state index contributed by atoms with van der Waals surface area (Å²) in [4.78, 5) is 17.4. The zero-order valence-electron chi connectivity index (χ0n) is 17.3. The molecule has 1 amide bonds. The van der Waals surface area contributed by atoms with Crippen LogP contribution in [0.4, 0.5) is 10.1 Å². The first kappa shape index (κ1) is 20.6. The summed E-state index contributed by atoms with van der Waals surface area (Å²) in [5.41, 5.74) is 1.82. The lowest BCUT2D eigenvalue weighted by Gasteiger charge is -2.27. The Kier molecular flexibility index (Phi) is 6.50. The third kappa shape index (κ3) is 5.09. The van der Waals surface area contributed by atoms with Crippen LogP contribution < -0.4 is 14.8 Å². The second-order valence-electron chi connectivity index (χ2n) is 7.82. The van der Waals surface area contributed by atoms with Crippen molar-refractivity contribution in [3.63, 3.8) is 0 Å². The molecule has 1 atom stereocenters. The first-order valence-electron chi connectivity index (χ1n) is 10.5. The number of carbonyl (C=O) groups is 1. The number of nitrogens with zero attached hydrogens (tertiary/aromatic N) is 2. The van der Waals surface area contributed by atoms with E-state index in [1.54, 1.807) is 0 Å². The first-order chi connectivity index (χ1) is 14.6. The van der Waals surface area contributed by atoms with Crippen molar-refractivity contribution in [2.75, 3.05) is 44.7 Å². The summed E-state index contributed by atoms with van der Waals surface area (Å²) in [6.45, 7) is 7.33. The Labute approximate surface area is 176 Å². The smallest absolute Gasteiger partial charge is 0.241 e. The Morgan fingerprint density at radius 2 is 1.80 bits per heavy atom. The van der Waals surface area contributed by atoms with Gasteiger partial charge in [-0.3, -0.25) is 14.6 Å². The van der Waals surface area contributed by atoms with Gasteiger partial charge in [-0.1, -0.05) is 12.1 Å². The highest BCUT2D eigenvalue weighted by Gasteiger charge is 2.24. The van der Waals surface area contributed by atoms with Gasteiger partial charge in [0, 0.05) is 37.9 Å². The van der Waals surface area contributed by atoms with E-state index < -0.39 is 0 Å². The molecule has 0 bridgehead atoms. The van der Waals surface area contributed by atoms with E-state index in [2.05, 4.69) is 15.1 Å². The van der Waals surface area contributed by atoms with Crippen LogP contribution >= 0.6 is 0 Å². The summed E-state index contributed by atoms with van der Waals surface area (Å²) in [5, 5.41) is 3.00. The predicted octanol–water partition coefficient (Wildman–Crippen LogP) is 3.13. The van der Waals surface area contributed by atoms with Gasteiger partial charge in [-0.05, 0) is 49.7 Å². The number of amides is 1. The molecule has 6 nitrogen and oxygen atoms in total. The van der Waals surface area contributed by atoms with E-state index in [0.29, 0.717) is 30.4 Å². The SMILES string of the molecule is CC(C(=O)Nc1ccc2c(c1)OCCO2)N1CCCN(Cc2ccc(F)cc2)CC1. The predicted molar refractivity (Wildman–Crippen MR) is 113 cm³/mol. The molecule has 2 aromatic carbocycles. The van der Waals surface area contributed by atoms with Crippen molar-refractivity contribution in [2.45, 2.75) is 25.9 Å². The van der Waals surface area contributed by atoms with Gasteiger partial charge in [-0.25, -0.2) is 4.39 Å². The molecule has 0 radical (unpaired) electrons. The molecule has 2 aliphatic heterocycles. The number of fused-ring (bicyclic) bond motifs is 1. The van der Waals surface area contributed by atoms with E-state index in [1.165, 1.54) is 12.1 Å². The molecule has 7 heteroatoms. The van der Waals surface area contributed by atoms with Gasteiger partial charge in [0.15, 0.2) is 11.5 Å². The number of anilines is 1. The minimum atomic E-state index is -0.232. The van der Waals surface area contributed by atoms with Gasteiger partial charge >= 0.3 is 0 Å². The van der Waals surface area contributed by atoms with Crippen LogP contribution in [-0.2, 0) is 11.3 Å². The number of ether oxygens (including phenoxy) is 2. The number of rotatable bonds is 5. The normalized spacial score (nSPS) is 18.5. The number of carbonyl (C=O) groups excluding carboxylic acids is 1. The molecule has 0 saturated carbocycles. The Morgan fingerprint density at radius 3 is 2.60 bits per heavy atom. The van der Waals surface area contributed by atoms with Crippen molar-refractivity contribution >= 4 is 11.6 Å². The average molecular weight is 413 g/mol. The number of benzene rings is 2. The molecular weight excluding hydrogens is 385 g/mol. The van der Waals surface area contributed by atoms with Crippen molar-refractivity contribution < 1.29 is 18.7 Å². The summed E-state index contributed by atoms with van der Waals surface area (Å²) >= 11 is 0. The fraction of sp³-hybridized carbons (Fsp3) is 0.435. The second kappa shape index (κ2) is 9.45. The average Bonchev–Trinajstić information content (AvgIpc) is 3.00. The van der Waals surface area contributed by atoms with E-state index in [1.807, 2.05) is 37.3 Å². The minimum absolute atomic E-state index is 0.0290. The highest BCUT2D eigenvalue weighted by atomic mass is 19.1. The first-order valence-corrected chi connectivity index (χ1v) is 10.5. The lowest BCUT2D eigenvalue weighted by Crippen LogP contribution is -2.43. The maximum atomic E-state index is 13.1. The van der Waals surface area contributed by atoms with Crippen molar-refractivity contribution in [1.29, 1.82) is 0 Å². The zero-order valence-corrected chi connectivity index (χ0v) is 17.3. The van der Waals surface area contributed by atoms with Crippen LogP contribution in [0, 0.1) is 5.82 Å². The van der Waals surface area contributed by atoms with Gasteiger partial charge < -0.3 is 14.8 Å². The Bertz CT molecular complexity index is 874. The molecule has 1 fully saturated rings. The maximum Gasteiger partial charge on any atom is 0.241 e. The highest BCUT2D eigenvalue weighted by molar-refractivity contribution is 5.94. The Balaban J connectivity index is 1.31. The molecule has 2 aromatic rings. The Morgan fingerprint density at radius 1 is 1.03 bits per heavy atom. The molecule has 0 aliphatic carbocycles. The molecule has 160 valence electrons. The van der Waals surface area contributed by atoms with Crippen LogP contribution in [0.2, 0.25) is 0 Å². The summed E-state index contributed by atoms with van der Waals surface area (Å²) < 4.78 is 24.2.